The Hall–Kier alpha value is -1.44. The van der Waals surface area contributed by atoms with Gasteiger partial charge in [-0.05, 0) is 27.6 Å². The van der Waals surface area contributed by atoms with Gasteiger partial charge in [-0.3, -0.25) is 15.1 Å². The SMILES string of the molecule is CC(=Cc1cc(C(F)(F)F)ncc1Br)[N+](=O)[O-]. The molecule has 4 nitrogen and oxygen atoms in total. The van der Waals surface area contributed by atoms with Gasteiger partial charge in [-0.15, -0.1) is 0 Å². The normalized spacial score (nSPS) is 12.6. The number of allylic oxidation sites excluding steroid dienone is 1. The van der Waals surface area contributed by atoms with Gasteiger partial charge < -0.3 is 0 Å². The molecule has 17 heavy (non-hydrogen) atoms. The summed E-state index contributed by atoms with van der Waals surface area (Å²) in [7, 11) is 0. The molecule has 0 radical (unpaired) electrons. The highest BCUT2D eigenvalue weighted by Gasteiger charge is 2.32. The molecule has 0 aliphatic rings. The summed E-state index contributed by atoms with van der Waals surface area (Å²) in [6.07, 6.45) is -2.57. The summed E-state index contributed by atoms with van der Waals surface area (Å²) in [5.41, 5.74) is -1.30. The van der Waals surface area contributed by atoms with Gasteiger partial charge in [0.05, 0.1) is 4.92 Å². The summed E-state index contributed by atoms with van der Waals surface area (Å²) < 4.78 is 37.3. The molecule has 0 fully saturated rings. The van der Waals surface area contributed by atoms with E-state index in [9.17, 15) is 23.3 Å². The molecule has 0 aliphatic heterocycles. The molecule has 92 valence electrons. The van der Waals surface area contributed by atoms with Crippen molar-refractivity contribution in [3.63, 3.8) is 0 Å². The number of halogens is 4. The van der Waals surface area contributed by atoms with E-state index < -0.39 is 16.8 Å². The van der Waals surface area contributed by atoms with Gasteiger partial charge >= 0.3 is 6.18 Å². The van der Waals surface area contributed by atoms with Crippen molar-refractivity contribution in [3.05, 3.63) is 43.8 Å². The maximum atomic E-state index is 12.4. The number of hydrogen-bond donors (Lipinski definition) is 0. The number of alkyl halides is 3. The first kappa shape index (κ1) is 13.6. The second-order valence-electron chi connectivity index (χ2n) is 3.13. The van der Waals surface area contributed by atoms with Gasteiger partial charge in [0.1, 0.15) is 5.69 Å². The van der Waals surface area contributed by atoms with E-state index in [1.165, 1.54) is 6.92 Å². The molecule has 0 amide bonds. The Balaban J connectivity index is 3.25. The molecule has 8 heteroatoms. The van der Waals surface area contributed by atoms with E-state index >= 15 is 0 Å². The average molecular weight is 311 g/mol. The van der Waals surface area contributed by atoms with Crippen LogP contribution in [0.2, 0.25) is 0 Å². The Morgan fingerprint density at radius 1 is 1.59 bits per heavy atom. The van der Waals surface area contributed by atoms with Gasteiger partial charge in [0.15, 0.2) is 0 Å². The van der Waals surface area contributed by atoms with Crippen LogP contribution in [-0.4, -0.2) is 9.91 Å². The minimum Gasteiger partial charge on any atom is -0.259 e. The Morgan fingerprint density at radius 3 is 2.65 bits per heavy atom. The number of aromatic nitrogens is 1. The summed E-state index contributed by atoms with van der Waals surface area (Å²) in [6, 6.07) is 0.747. The van der Waals surface area contributed by atoms with E-state index in [4.69, 9.17) is 0 Å². The molecule has 0 bridgehead atoms. The third-order valence-corrected chi connectivity index (χ3v) is 2.49. The van der Waals surface area contributed by atoms with Gasteiger partial charge in [0.25, 0.3) is 0 Å². The summed E-state index contributed by atoms with van der Waals surface area (Å²) >= 11 is 2.98. The van der Waals surface area contributed by atoms with E-state index in [0.717, 1.165) is 18.3 Å². The first-order valence-electron chi connectivity index (χ1n) is 4.27. The van der Waals surface area contributed by atoms with E-state index in [1.54, 1.807) is 0 Å². The van der Waals surface area contributed by atoms with Gasteiger partial charge in [0.2, 0.25) is 5.70 Å². The number of nitrogens with zero attached hydrogens (tertiary/aromatic N) is 2. The Labute approximate surface area is 102 Å². The van der Waals surface area contributed by atoms with Crippen molar-refractivity contribution in [1.82, 2.24) is 4.98 Å². The predicted molar refractivity (Wildman–Crippen MR) is 57.6 cm³/mol. The maximum absolute atomic E-state index is 12.4. The van der Waals surface area contributed by atoms with Crippen LogP contribution < -0.4 is 0 Å². The highest BCUT2D eigenvalue weighted by atomic mass is 79.9. The lowest BCUT2D eigenvalue weighted by Gasteiger charge is -2.07. The van der Waals surface area contributed by atoms with Crippen LogP contribution in [0.4, 0.5) is 13.2 Å². The zero-order valence-corrected chi connectivity index (χ0v) is 10.0. The molecular weight excluding hydrogens is 305 g/mol. The average Bonchev–Trinajstić information content (AvgIpc) is 2.19. The fraction of sp³-hybridized carbons (Fsp3) is 0.222. The van der Waals surface area contributed by atoms with E-state index in [-0.39, 0.29) is 15.7 Å². The van der Waals surface area contributed by atoms with Crippen LogP contribution in [0, 0.1) is 10.1 Å². The second kappa shape index (κ2) is 4.82. The third kappa shape index (κ3) is 3.52. The first-order valence-corrected chi connectivity index (χ1v) is 5.06. The van der Waals surface area contributed by atoms with Crippen molar-refractivity contribution in [2.75, 3.05) is 0 Å². The minimum atomic E-state index is -4.58. The zero-order valence-electron chi connectivity index (χ0n) is 8.45. The molecule has 0 aliphatic carbocycles. The predicted octanol–water partition coefficient (Wildman–Crippen LogP) is 3.50. The van der Waals surface area contributed by atoms with Crippen LogP contribution in [0.3, 0.4) is 0 Å². The molecule has 1 heterocycles. The van der Waals surface area contributed by atoms with Crippen molar-refractivity contribution < 1.29 is 18.1 Å². The largest absolute Gasteiger partial charge is 0.433 e. The number of nitro groups is 1. The maximum Gasteiger partial charge on any atom is 0.433 e. The van der Waals surface area contributed by atoms with E-state index in [0.29, 0.717) is 0 Å². The highest BCUT2D eigenvalue weighted by molar-refractivity contribution is 9.10. The van der Waals surface area contributed by atoms with Crippen molar-refractivity contribution in [2.24, 2.45) is 0 Å². The van der Waals surface area contributed by atoms with Gasteiger partial charge in [0, 0.05) is 23.7 Å². The van der Waals surface area contributed by atoms with Crippen LogP contribution in [0.25, 0.3) is 6.08 Å². The molecule has 1 aromatic rings. The fourth-order valence-electron chi connectivity index (χ4n) is 0.998. The topological polar surface area (TPSA) is 56.0 Å². The van der Waals surface area contributed by atoms with Crippen molar-refractivity contribution in [3.8, 4) is 0 Å². The van der Waals surface area contributed by atoms with Crippen LogP contribution in [0.5, 0.6) is 0 Å². The number of rotatable bonds is 2. The fourth-order valence-corrected chi connectivity index (χ4v) is 1.33. The lowest BCUT2D eigenvalue weighted by Crippen LogP contribution is -2.08. The second-order valence-corrected chi connectivity index (χ2v) is 3.99. The molecule has 0 atom stereocenters. The van der Waals surface area contributed by atoms with Crippen molar-refractivity contribution in [2.45, 2.75) is 13.1 Å². The summed E-state index contributed by atoms with van der Waals surface area (Å²) in [6.45, 7) is 1.19. The van der Waals surface area contributed by atoms with E-state index in [1.807, 2.05) is 0 Å². The quantitative estimate of drug-likeness (QED) is 0.620. The summed E-state index contributed by atoms with van der Waals surface area (Å²) in [4.78, 5) is 12.9. The molecule has 0 unspecified atom stereocenters. The molecular formula is C9H6BrF3N2O2. The van der Waals surface area contributed by atoms with Crippen LogP contribution in [0.1, 0.15) is 18.2 Å². The molecule has 0 saturated carbocycles. The molecule has 0 aromatic carbocycles. The Bertz CT molecular complexity index is 486. The molecule has 1 rings (SSSR count). The lowest BCUT2D eigenvalue weighted by atomic mass is 10.2. The zero-order chi connectivity index (χ0) is 13.2. The summed E-state index contributed by atoms with van der Waals surface area (Å²) in [5.74, 6) is 0. The highest BCUT2D eigenvalue weighted by Crippen LogP contribution is 2.30. The van der Waals surface area contributed by atoms with Crippen LogP contribution in [0.15, 0.2) is 22.4 Å². The van der Waals surface area contributed by atoms with Crippen molar-refractivity contribution in [1.29, 1.82) is 0 Å². The molecule has 0 saturated heterocycles. The third-order valence-electron chi connectivity index (χ3n) is 1.83. The van der Waals surface area contributed by atoms with Crippen LogP contribution >= 0.6 is 15.9 Å². The number of hydrogen-bond acceptors (Lipinski definition) is 3. The Kier molecular flexibility index (Phi) is 3.87. The van der Waals surface area contributed by atoms with Gasteiger partial charge in [-0.2, -0.15) is 13.2 Å². The first-order chi connectivity index (χ1) is 7.71. The van der Waals surface area contributed by atoms with Gasteiger partial charge in [-0.1, -0.05) is 0 Å². The lowest BCUT2D eigenvalue weighted by molar-refractivity contribution is -0.422. The molecule has 0 spiro atoms. The Morgan fingerprint density at radius 2 is 2.18 bits per heavy atom. The molecule has 1 aromatic heterocycles. The standard InChI is InChI=1S/C9H6BrF3N2O2/c1-5(15(16)17)2-6-3-8(9(11,12)13)14-4-7(6)10/h2-4H,1H3. The summed E-state index contributed by atoms with van der Waals surface area (Å²) in [5, 5.41) is 10.4. The van der Waals surface area contributed by atoms with Crippen LogP contribution in [-0.2, 0) is 6.18 Å². The van der Waals surface area contributed by atoms with Crippen molar-refractivity contribution >= 4 is 22.0 Å². The number of pyridine rings is 1. The monoisotopic (exact) mass is 310 g/mol. The molecule has 0 N–H and O–H groups in total. The van der Waals surface area contributed by atoms with E-state index in [2.05, 4.69) is 20.9 Å². The minimum absolute atomic E-state index is 0.0570. The smallest absolute Gasteiger partial charge is 0.259 e. The van der Waals surface area contributed by atoms with Gasteiger partial charge in [-0.25, -0.2) is 0 Å².